The Kier molecular flexibility index (Phi) is 7.54. The van der Waals surface area contributed by atoms with Gasteiger partial charge in [-0.15, -0.1) is 4.68 Å². The molecule has 1 atom stereocenters. The van der Waals surface area contributed by atoms with Gasteiger partial charge in [-0.05, 0) is 54.4 Å². The van der Waals surface area contributed by atoms with Gasteiger partial charge < -0.3 is 19.7 Å². The van der Waals surface area contributed by atoms with Crippen molar-refractivity contribution < 1.29 is 23.7 Å². The molecule has 8 heteroatoms. The number of carbonyl (C=O) groups is 2. The van der Waals surface area contributed by atoms with E-state index >= 15 is 0 Å². The van der Waals surface area contributed by atoms with Gasteiger partial charge in [0.05, 0.1) is 12.7 Å². The number of aryl methyl sites for hydroxylation is 1. The number of hydrogen-bond acceptors (Lipinski definition) is 4. The van der Waals surface area contributed by atoms with Gasteiger partial charge in [0.1, 0.15) is 11.2 Å². The number of carbonyl (C=O) groups excluding carboxylic acids is 2. The first kappa shape index (κ1) is 23.0. The average molecular weight is 410 g/mol. The van der Waals surface area contributed by atoms with Gasteiger partial charge in [0.25, 0.3) is 0 Å². The van der Waals surface area contributed by atoms with Crippen molar-refractivity contribution in [3.8, 4) is 0 Å². The van der Waals surface area contributed by atoms with Gasteiger partial charge in [0.15, 0.2) is 12.7 Å². The van der Waals surface area contributed by atoms with E-state index in [1.807, 2.05) is 53.8 Å². The molecule has 1 saturated heterocycles. The number of amides is 2. The fourth-order valence-corrected chi connectivity index (χ4v) is 3.26. The maximum Gasteiger partial charge on any atom is 0.410 e. The van der Waals surface area contributed by atoms with Crippen molar-refractivity contribution in [2.45, 2.75) is 78.7 Å². The molecule has 0 bridgehead atoms. The minimum absolute atomic E-state index is 0.228. The van der Waals surface area contributed by atoms with Gasteiger partial charge in [0, 0.05) is 31.6 Å². The highest BCUT2D eigenvalue weighted by molar-refractivity contribution is 5.68. The molecule has 1 N–H and O–H groups in total. The standard InChI is InChI=1S/C21H36N4O4/c1-20(2,3)28-18(26)22-10-7-11-24-12-8-13-25(24)16-17-9-14-23(15-17)19(27)29-21(4,5)6/h8,12-13,17H,7,9-11,14-16H2,1-6H3/p+1/t17-/m1/s1. The van der Waals surface area contributed by atoms with Crippen LogP contribution >= 0.6 is 0 Å². The van der Waals surface area contributed by atoms with Crippen LogP contribution in [0.4, 0.5) is 9.59 Å². The predicted molar refractivity (Wildman–Crippen MR) is 109 cm³/mol. The highest BCUT2D eigenvalue weighted by Crippen LogP contribution is 2.19. The van der Waals surface area contributed by atoms with Crippen molar-refractivity contribution >= 4 is 12.2 Å². The summed E-state index contributed by atoms with van der Waals surface area (Å²) in [6, 6.07) is 2.02. The molecule has 8 nitrogen and oxygen atoms in total. The highest BCUT2D eigenvalue weighted by atomic mass is 16.6. The number of aromatic nitrogens is 2. The SMILES string of the molecule is CC(C)(C)OC(=O)NCCCn1ccc[n+]1C[C@@H]1CCN(C(=O)OC(C)(C)C)C1. The molecule has 1 aromatic rings. The average Bonchev–Trinajstić information content (AvgIpc) is 3.18. The summed E-state index contributed by atoms with van der Waals surface area (Å²) in [6.07, 6.45) is 5.26. The summed E-state index contributed by atoms with van der Waals surface area (Å²) in [7, 11) is 0. The zero-order valence-corrected chi connectivity index (χ0v) is 18.7. The van der Waals surface area contributed by atoms with Crippen molar-refractivity contribution in [2.24, 2.45) is 5.92 Å². The monoisotopic (exact) mass is 409 g/mol. The van der Waals surface area contributed by atoms with Crippen LogP contribution in [0.3, 0.4) is 0 Å². The van der Waals surface area contributed by atoms with Crippen molar-refractivity contribution in [3.63, 3.8) is 0 Å². The summed E-state index contributed by atoms with van der Waals surface area (Å²) in [5, 5.41) is 2.79. The smallest absolute Gasteiger partial charge is 0.410 e. The normalized spacial score (nSPS) is 17.3. The summed E-state index contributed by atoms with van der Waals surface area (Å²) in [6.45, 7) is 14.9. The van der Waals surface area contributed by atoms with Crippen LogP contribution in [0.25, 0.3) is 0 Å². The molecule has 29 heavy (non-hydrogen) atoms. The molecule has 164 valence electrons. The van der Waals surface area contributed by atoms with Gasteiger partial charge in [0.2, 0.25) is 0 Å². The molecule has 1 aliphatic rings. The lowest BCUT2D eigenvalue weighted by Crippen LogP contribution is -2.46. The Bertz CT molecular complexity index is 688. The van der Waals surface area contributed by atoms with E-state index in [9.17, 15) is 9.59 Å². The summed E-state index contributed by atoms with van der Waals surface area (Å²) in [5.74, 6) is 0.404. The van der Waals surface area contributed by atoms with Crippen LogP contribution in [-0.4, -0.2) is 52.6 Å². The Morgan fingerprint density at radius 1 is 1.14 bits per heavy atom. The van der Waals surface area contributed by atoms with Crippen LogP contribution in [0, 0.1) is 5.92 Å². The Morgan fingerprint density at radius 2 is 1.83 bits per heavy atom. The number of alkyl carbamates (subject to hydrolysis) is 1. The van der Waals surface area contributed by atoms with E-state index in [0.29, 0.717) is 19.0 Å². The lowest BCUT2D eigenvalue weighted by atomic mass is 10.1. The van der Waals surface area contributed by atoms with E-state index in [-0.39, 0.29) is 12.2 Å². The van der Waals surface area contributed by atoms with Gasteiger partial charge in [-0.25, -0.2) is 9.59 Å². The van der Waals surface area contributed by atoms with Crippen molar-refractivity contribution in [1.82, 2.24) is 14.9 Å². The molecular formula is C21H37N4O4+. The zero-order valence-electron chi connectivity index (χ0n) is 18.7. The van der Waals surface area contributed by atoms with Crippen LogP contribution in [0.5, 0.6) is 0 Å². The van der Waals surface area contributed by atoms with E-state index in [1.165, 1.54) is 0 Å². The number of likely N-dealkylation sites (tertiary alicyclic amines) is 1. The highest BCUT2D eigenvalue weighted by Gasteiger charge is 2.32. The first-order valence-electron chi connectivity index (χ1n) is 10.4. The fraction of sp³-hybridized carbons (Fsp3) is 0.762. The third-order valence-corrected chi connectivity index (χ3v) is 4.46. The van der Waals surface area contributed by atoms with Crippen molar-refractivity contribution in [1.29, 1.82) is 0 Å². The van der Waals surface area contributed by atoms with Crippen molar-refractivity contribution in [3.05, 3.63) is 18.5 Å². The van der Waals surface area contributed by atoms with E-state index in [0.717, 1.165) is 32.5 Å². The van der Waals surface area contributed by atoms with Crippen LogP contribution < -0.4 is 10.00 Å². The first-order chi connectivity index (χ1) is 13.4. The van der Waals surface area contributed by atoms with Gasteiger partial charge in [-0.3, -0.25) is 0 Å². The molecule has 0 saturated carbocycles. The molecule has 1 fully saturated rings. The predicted octanol–water partition coefficient (Wildman–Crippen LogP) is 2.95. The third-order valence-electron chi connectivity index (χ3n) is 4.46. The van der Waals surface area contributed by atoms with Gasteiger partial charge in [-0.1, -0.05) is 0 Å². The summed E-state index contributed by atoms with van der Waals surface area (Å²) < 4.78 is 15.0. The first-order valence-corrected chi connectivity index (χ1v) is 10.4. The molecule has 1 aromatic heterocycles. The Balaban J connectivity index is 1.75. The molecule has 2 amide bonds. The Hall–Kier alpha value is -2.25. The quantitative estimate of drug-likeness (QED) is 0.579. The summed E-state index contributed by atoms with van der Waals surface area (Å²) in [4.78, 5) is 25.7. The van der Waals surface area contributed by atoms with Gasteiger partial charge in [-0.2, -0.15) is 4.68 Å². The second kappa shape index (κ2) is 9.50. The topological polar surface area (TPSA) is 76.7 Å². The minimum atomic E-state index is -0.484. The number of rotatable bonds is 6. The summed E-state index contributed by atoms with van der Waals surface area (Å²) >= 11 is 0. The molecular weight excluding hydrogens is 372 g/mol. The van der Waals surface area contributed by atoms with Gasteiger partial charge >= 0.3 is 12.2 Å². The Labute approximate surface area is 174 Å². The lowest BCUT2D eigenvalue weighted by Gasteiger charge is -2.24. The summed E-state index contributed by atoms with van der Waals surface area (Å²) in [5.41, 5.74) is -0.950. The number of hydrogen-bond donors (Lipinski definition) is 1. The second-order valence-electron chi connectivity index (χ2n) is 9.64. The van der Waals surface area contributed by atoms with Crippen LogP contribution in [0.1, 0.15) is 54.4 Å². The largest absolute Gasteiger partial charge is 0.444 e. The number of ether oxygens (including phenoxy) is 2. The third kappa shape index (κ3) is 8.33. The molecule has 2 heterocycles. The van der Waals surface area contributed by atoms with E-state index in [2.05, 4.69) is 20.9 Å². The fourth-order valence-electron chi connectivity index (χ4n) is 3.26. The molecule has 0 unspecified atom stereocenters. The maximum absolute atomic E-state index is 12.2. The van der Waals surface area contributed by atoms with E-state index < -0.39 is 11.2 Å². The maximum atomic E-state index is 12.2. The van der Waals surface area contributed by atoms with Crippen molar-refractivity contribution in [2.75, 3.05) is 19.6 Å². The minimum Gasteiger partial charge on any atom is -0.444 e. The van der Waals surface area contributed by atoms with Crippen LogP contribution in [0.15, 0.2) is 18.5 Å². The second-order valence-corrected chi connectivity index (χ2v) is 9.64. The molecule has 0 spiro atoms. The Morgan fingerprint density at radius 3 is 2.48 bits per heavy atom. The molecule has 0 aliphatic carbocycles. The number of nitrogens with one attached hydrogen (secondary N) is 1. The lowest BCUT2D eigenvalue weighted by molar-refractivity contribution is -0.780. The van der Waals surface area contributed by atoms with Crippen LogP contribution in [-0.2, 0) is 22.6 Å². The number of nitrogens with zero attached hydrogens (tertiary/aromatic N) is 3. The zero-order chi connectivity index (χ0) is 21.7. The molecule has 1 aliphatic heterocycles. The molecule has 2 rings (SSSR count). The van der Waals surface area contributed by atoms with Crippen LogP contribution in [0.2, 0.25) is 0 Å². The molecule has 0 radical (unpaired) electrons. The van der Waals surface area contributed by atoms with E-state index in [1.54, 1.807) is 4.90 Å². The molecule has 0 aromatic carbocycles. The van der Waals surface area contributed by atoms with E-state index in [4.69, 9.17) is 9.47 Å².